The highest BCUT2D eigenvalue weighted by atomic mass is 127. The second-order valence-electron chi connectivity index (χ2n) is 5.92. The highest BCUT2D eigenvalue weighted by molar-refractivity contribution is 14.1. The van der Waals surface area contributed by atoms with Crippen LogP contribution in [0.2, 0.25) is 0 Å². The molecule has 0 radical (unpaired) electrons. The zero-order valence-corrected chi connectivity index (χ0v) is 14.9. The van der Waals surface area contributed by atoms with E-state index in [9.17, 15) is 4.79 Å². The molecule has 4 nitrogen and oxygen atoms in total. The first-order valence-corrected chi connectivity index (χ1v) is 8.57. The van der Waals surface area contributed by atoms with Crippen LogP contribution >= 0.6 is 22.6 Å². The molecule has 0 aromatic heterocycles. The Labute approximate surface area is 140 Å². The van der Waals surface area contributed by atoms with E-state index in [1.807, 2.05) is 26.1 Å². The molecule has 0 aliphatic carbocycles. The number of nitrogens with zero attached hydrogens (tertiary/aromatic N) is 1. The number of anilines is 1. The summed E-state index contributed by atoms with van der Waals surface area (Å²) in [5, 5.41) is 6.42. The number of piperidine rings is 1. The minimum Gasteiger partial charge on any atom is -0.325 e. The van der Waals surface area contributed by atoms with Gasteiger partial charge < -0.3 is 10.6 Å². The summed E-state index contributed by atoms with van der Waals surface area (Å²) in [7, 11) is 2.02. The Morgan fingerprint density at radius 2 is 2.33 bits per heavy atom. The maximum Gasteiger partial charge on any atom is 0.238 e. The Balaban J connectivity index is 1.80. The Kier molecular flexibility index (Phi) is 6.44. The molecular weight excluding hydrogens is 377 g/mol. The average Bonchev–Trinajstić information content (AvgIpc) is 2.43. The molecule has 0 spiro atoms. The number of nitrogens with one attached hydrogen (secondary N) is 2. The van der Waals surface area contributed by atoms with Crippen molar-refractivity contribution >= 4 is 34.2 Å². The number of amides is 1. The van der Waals surface area contributed by atoms with Crippen LogP contribution in [-0.4, -0.2) is 44.0 Å². The summed E-state index contributed by atoms with van der Waals surface area (Å²) in [6, 6.07) is 6.06. The molecule has 21 heavy (non-hydrogen) atoms. The Bertz CT molecular complexity index is 486. The van der Waals surface area contributed by atoms with E-state index < -0.39 is 0 Å². The lowest BCUT2D eigenvalue weighted by Gasteiger charge is -2.27. The van der Waals surface area contributed by atoms with E-state index in [1.165, 1.54) is 16.4 Å². The molecule has 1 atom stereocenters. The molecule has 2 N–H and O–H groups in total. The lowest BCUT2D eigenvalue weighted by molar-refractivity contribution is -0.117. The fourth-order valence-corrected chi connectivity index (χ4v) is 3.43. The van der Waals surface area contributed by atoms with Crippen LogP contribution in [0.3, 0.4) is 0 Å². The molecule has 5 heteroatoms. The molecule has 1 aromatic carbocycles. The van der Waals surface area contributed by atoms with Crippen LogP contribution in [0.1, 0.15) is 18.4 Å². The first-order chi connectivity index (χ1) is 10.0. The maximum atomic E-state index is 12.1. The summed E-state index contributed by atoms with van der Waals surface area (Å²) < 4.78 is 1.19. The fourth-order valence-electron chi connectivity index (χ4n) is 2.79. The number of rotatable bonds is 5. The van der Waals surface area contributed by atoms with Gasteiger partial charge in [-0.25, -0.2) is 0 Å². The predicted molar refractivity (Wildman–Crippen MR) is 95.6 cm³/mol. The van der Waals surface area contributed by atoms with E-state index in [1.54, 1.807) is 0 Å². The monoisotopic (exact) mass is 401 g/mol. The zero-order chi connectivity index (χ0) is 15.2. The van der Waals surface area contributed by atoms with Crippen LogP contribution in [0.15, 0.2) is 18.2 Å². The number of hydrogen-bond acceptors (Lipinski definition) is 3. The number of likely N-dealkylation sites (N-methyl/N-ethyl adjacent to an activating group) is 1. The van der Waals surface area contributed by atoms with E-state index in [0.29, 0.717) is 12.5 Å². The fraction of sp³-hybridized carbons (Fsp3) is 0.562. The number of aryl methyl sites for hydroxylation is 1. The number of halogens is 1. The molecule has 2 rings (SSSR count). The molecule has 0 bridgehead atoms. The molecular formula is C16H24IN3O. The lowest BCUT2D eigenvalue weighted by Crippen LogP contribution is -2.39. The van der Waals surface area contributed by atoms with Gasteiger partial charge in [0.1, 0.15) is 0 Å². The molecule has 1 amide bonds. The highest BCUT2D eigenvalue weighted by Crippen LogP contribution is 2.17. The van der Waals surface area contributed by atoms with Gasteiger partial charge in [0, 0.05) is 15.8 Å². The second kappa shape index (κ2) is 8.10. The van der Waals surface area contributed by atoms with Gasteiger partial charge >= 0.3 is 0 Å². The van der Waals surface area contributed by atoms with Gasteiger partial charge in [-0.15, -0.1) is 0 Å². The van der Waals surface area contributed by atoms with Crippen LogP contribution in [0.25, 0.3) is 0 Å². The summed E-state index contributed by atoms with van der Waals surface area (Å²) in [6.07, 6.45) is 2.50. The van der Waals surface area contributed by atoms with Gasteiger partial charge in [0.15, 0.2) is 0 Å². The average molecular weight is 401 g/mol. The van der Waals surface area contributed by atoms with Crippen molar-refractivity contribution in [1.29, 1.82) is 0 Å². The maximum absolute atomic E-state index is 12.1. The van der Waals surface area contributed by atoms with Crippen LogP contribution in [0, 0.1) is 16.4 Å². The van der Waals surface area contributed by atoms with E-state index in [-0.39, 0.29) is 5.91 Å². The standard InChI is InChI=1S/C16H24IN3O/c1-12-8-14(17)5-6-15(12)19-16(21)11-20(2)10-13-4-3-7-18-9-13/h5-6,8,13,18H,3-4,7,9-11H2,1-2H3,(H,19,21). The first-order valence-electron chi connectivity index (χ1n) is 7.50. The molecule has 1 aromatic rings. The topological polar surface area (TPSA) is 44.4 Å². The first kappa shape index (κ1) is 16.7. The Morgan fingerprint density at radius 1 is 1.52 bits per heavy atom. The van der Waals surface area contributed by atoms with Crippen molar-refractivity contribution in [1.82, 2.24) is 10.2 Å². The van der Waals surface area contributed by atoms with Crippen molar-refractivity contribution in [3.05, 3.63) is 27.3 Å². The van der Waals surface area contributed by atoms with Gasteiger partial charge in [0.2, 0.25) is 5.91 Å². The van der Waals surface area contributed by atoms with Crippen molar-refractivity contribution in [2.24, 2.45) is 5.92 Å². The summed E-state index contributed by atoms with van der Waals surface area (Å²) in [5.41, 5.74) is 2.02. The highest BCUT2D eigenvalue weighted by Gasteiger charge is 2.16. The molecule has 1 aliphatic rings. The predicted octanol–water partition coefficient (Wildman–Crippen LogP) is 2.47. The minimum atomic E-state index is 0.0607. The van der Waals surface area contributed by atoms with E-state index in [0.717, 1.165) is 30.9 Å². The molecule has 0 saturated carbocycles. The molecule has 1 heterocycles. The number of hydrogen-bond donors (Lipinski definition) is 2. The van der Waals surface area contributed by atoms with Gasteiger partial charge in [-0.2, -0.15) is 0 Å². The number of benzene rings is 1. The van der Waals surface area contributed by atoms with E-state index in [2.05, 4.69) is 44.2 Å². The Morgan fingerprint density at radius 3 is 3.00 bits per heavy atom. The normalized spacial score (nSPS) is 18.8. The third kappa shape index (κ3) is 5.56. The third-order valence-corrected chi connectivity index (χ3v) is 4.52. The van der Waals surface area contributed by atoms with Crippen LogP contribution < -0.4 is 10.6 Å². The lowest BCUT2D eigenvalue weighted by atomic mass is 9.99. The third-order valence-electron chi connectivity index (χ3n) is 3.84. The minimum absolute atomic E-state index is 0.0607. The smallest absolute Gasteiger partial charge is 0.238 e. The zero-order valence-electron chi connectivity index (χ0n) is 12.8. The summed E-state index contributed by atoms with van der Waals surface area (Å²) >= 11 is 2.28. The van der Waals surface area contributed by atoms with Gasteiger partial charge in [0.25, 0.3) is 0 Å². The van der Waals surface area contributed by atoms with Gasteiger partial charge in [0.05, 0.1) is 6.54 Å². The number of carbonyl (C=O) groups excluding carboxylic acids is 1. The molecule has 1 saturated heterocycles. The van der Waals surface area contributed by atoms with Crippen LogP contribution in [0.5, 0.6) is 0 Å². The van der Waals surface area contributed by atoms with Crippen LogP contribution in [0.4, 0.5) is 5.69 Å². The van der Waals surface area contributed by atoms with Crippen LogP contribution in [-0.2, 0) is 4.79 Å². The van der Waals surface area contributed by atoms with E-state index >= 15 is 0 Å². The molecule has 1 fully saturated rings. The number of carbonyl (C=O) groups is 1. The van der Waals surface area contributed by atoms with Crippen molar-refractivity contribution < 1.29 is 4.79 Å². The van der Waals surface area contributed by atoms with Crippen molar-refractivity contribution in [2.75, 3.05) is 38.5 Å². The van der Waals surface area contributed by atoms with Gasteiger partial charge in [-0.3, -0.25) is 9.69 Å². The van der Waals surface area contributed by atoms with Gasteiger partial charge in [-0.1, -0.05) is 0 Å². The summed E-state index contributed by atoms with van der Waals surface area (Å²) in [5.74, 6) is 0.724. The SMILES string of the molecule is Cc1cc(I)ccc1NC(=O)CN(C)CC1CCCNC1. The molecule has 116 valence electrons. The largest absolute Gasteiger partial charge is 0.325 e. The summed E-state index contributed by atoms with van der Waals surface area (Å²) in [4.78, 5) is 14.3. The second-order valence-corrected chi connectivity index (χ2v) is 7.16. The molecule has 1 aliphatic heterocycles. The quantitative estimate of drug-likeness (QED) is 0.746. The van der Waals surface area contributed by atoms with Gasteiger partial charge in [-0.05, 0) is 92.2 Å². The molecule has 1 unspecified atom stereocenters. The van der Waals surface area contributed by atoms with Crippen molar-refractivity contribution in [2.45, 2.75) is 19.8 Å². The summed E-state index contributed by atoms with van der Waals surface area (Å²) in [6.45, 7) is 5.65. The van der Waals surface area contributed by atoms with E-state index in [4.69, 9.17) is 0 Å². The van der Waals surface area contributed by atoms with Crippen molar-refractivity contribution in [3.63, 3.8) is 0 Å². The Hall–Kier alpha value is -0.660. The van der Waals surface area contributed by atoms with Crippen molar-refractivity contribution in [3.8, 4) is 0 Å².